The normalized spacial score (nSPS) is 10.9. The molecule has 0 radical (unpaired) electrons. The molecule has 1 nitrogen and oxygen atoms in total. The molecule has 0 aliphatic rings. The fourth-order valence-electron chi connectivity index (χ4n) is 1.43. The van der Waals surface area contributed by atoms with Crippen LogP contribution in [0.4, 0.5) is 0 Å². The van der Waals surface area contributed by atoms with Crippen molar-refractivity contribution in [1.29, 1.82) is 0 Å². The van der Waals surface area contributed by atoms with E-state index in [1.165, 1.54) is 9.55 Å². The van der Waals surface area contributed by atoms with Gasteiger partial charge in [0.05, 0.1) is 0 Å². The van der Waals surface area contributed by atoms with Crippen LogP contribution in [-0.2, 0) is 4.65 Å². The van der Waals surface area contributed by atoms with E-state index in [2.05, 4.69) is 48.9 Å². The molecule has 2 heterocycles. The molecule has 0 saturated heterocycles. The Morgan fingerprint density at radius 2 is 1.60 bits per heavy atom. The molecule has 2 aromatic rings. The maximum absolute atomic E-state index is 5.96. The molecule has 2 rings (SSSR count). The van der Waals surface area contributed by atoms with Gasteiger partial charge in [0.15, 0.2) is 0 Å². The van der Waals surface area contributed by atoms with E-state index in [0.29, 0.717) is 0 Å². The zero-order valence-electron chi connectivity index (χ0n) is 8.84. The number of hydrogen-bond acceptors (Lipinski definition) is 3. The Kier molecular flexibility index (Phi) is 3.62. The van der Waals surface area contributed by atoms with E-state index in [0.717, 1.165) is 0 Å². The van der Waals surface area contributed by atoms with Gasteiger partial charge < -0.3 is 4.65 Å². The highest BCUT2D eigenvalue weighted by Gasteiger charge is 2.24. The molecule has 4 heteroatoms. The Balaban J connectivity index is 2.25. The number of hydrogen-bond donors (Lipinski definition) is 0. The quantitative estimate of drug-likeness (QED) is 0.740. The van der Waals surface area contributed by atoms with Gasteiger partial charge in [-0.3, -0.25) is 0 Å². The average Bonchev–Trinajstić information content (AvgIpc) is 2.87. The van der Waals surface area contributed by atoms with E-state index in [1.54, 1.807) is 22.7 Å². The first-order chi connectivity index (χ1) is 7.27. The standard InChI is InChI=1S/C11H13BOS2/c1-9(2)13-12(10-5-3-7-14-10)11-6-4-8-15-11/h3-9H,1-2H3. The van der Waals surface area contributed by atoms with Gasteiger partial charge in [-0.1, -0.05) is 24.3 Å². The second-order valence-electron chi connectivity index (χ2n) is 3.60. The van der Waals surface area contributed by atoms with Crippen molar-refractivity contribution in [3.63, 3.8) is 0 Å². The van der Waals surface area contributed by atoms with E-state index >= 15 is 0 Å². The molecule has 78 valence electrons. The predicted molar refractivity (Wildman–Crippen MR) is 69.9 cm³/mol. The lowest BCUT2D eigenvalue weighted by Crippen LogP contribution is -2.43. The number of thiophene rings is 2. The maximum atomic E-state index is 5.96. The Morgan fingerprint density at radius 1 is 1.07 bits per heavy atom. The van der Waals surface area contributed by atoms with Crippen LogP contribution in [0.5, 0.6) is 0 Å². The topological polar surface area (TPSA) is 9.23 Å². The van der Waals surface area contributed by atoms with Crippen LogP contribution >= 0.6 is 22.7 Å². The molecular weight excluding hydrogens is 223 g/mol. The third-order valence-corrected chi connectivity index (χ3v) is 3.84. The van der Waals surface area contributed by atoms with E-state index < -0.39 is 0 Å². The first kappa shape index (κ1) is 10.9. The Morgan fingerprint density at radius 3 is 1.93 bits per heavy atom. The van der Waals surface area contributed by atoms with Crippen LogP contribution in [0.25, 0.3) is 0 Å². The summed E-state index contributed by atoms with van der Waals surface area (Å²) in [6.45, 7) is 4.27. The molecule has 0 aromatic carbocycles. The molecule has 0 aliphatic heterocycles. The summed E-state index contributed by atoms with van der Waals surface area (Å²) < 4.78 is 8.53. The second kappa shape index (κ2) is 4.97. The van der Waals surface area contributed by atoms with E-state index in [9.17, 15) is 0 Å². The molecule has 0 unspecified atom stereocenters. The summed E-state index contributed by atoms with van der Waals surface area (Å²) in [5.74, 6) is 0. The molecule has 0 saturated carbocycles. The summed E-state index contributed by atoms with van der Waals surface area (Å²) in [7, 11) is 0. The van der Waals surface area contributed by atoms with Crippen LogP contribution in [0.15, 0.2) is 35.0 Å². The second-order valence-corrected chi connectivity index (χ2v) is 5.55. The minimum atomic E-state index is 0.116. The van der Waals surface area contributed by atoms with Crippen LogP contribution in [-0.4, -0.2) is 13.0 Å². The smallest absolute Gasteiger partial charge is 0.382 e. The summed E-state index contributed by atoms with van der Waals surface area (Å²) in [5.41, 5.74) is 0. The molecule has 0 fully saturated rings. The minimum absolute atomic E-state index is 0.116. The summed E-state index contributed by atoms with van der Waals surface area (Å²) in [4.78, 5) is 0. The van der Waals surface area contributed by atoms with Gasteiger partial charge in [0.25, 0.3) is 0 Å². The zero-order valence-corrected chi connectivity index (χ0v) is 10.5. The average molecular weight is 236 g/mol. The van der Waals surface area contributed by atoms with Crippen molar-refractivity contribution in [2.24, 2.45) is 0 Å². The zero-order chi connectivity index (χ0) is 10.7. The van der Waals surface area contributed by atoms with Crippen LogP contribution in [0, 0.1) is 0 Å². The Labute approximate surface area is 98.8 Å². The predicted octanol–water partition coefficient (Wildman–Crippen LogP) is 2.34. The third-order valence-electron chi connectivity index (χ3n) is 2.01. The van der Waals surface area contributed by atoms with Gasteiger partial charge in [0.1, 0.15) is 0 Å². The highest BCUT2D eigenvalue weighted by molar-refractivity contribution is 7.29. The lowest BCUT2D eigenvalue weighted by atomic mass is 9.64. The summed E-state index contributed by atoms with van der Waals surface area (Å²) in [6.07, 6.45) is 0.249. The van der Waals surface area contributed by atoms with Crippen molar-refractivity contribution in [3.05, 3.63) is 35.0 Å². The van der Waals surface area contributed by atoms with Crippen molar-refractivity contribution in [2.75, 3.05) is 0 Å². The van der Waals surface area contributed by atoms with Crippen molar-refractivity contribution >= 4 is 39.1 Å². The number of rotatable bonds is 4. The highest BCUT2D eigenvalue weighted by atomic mass is 32.1. The van der Waals surface area contributed by atoms with Crippen molar-refractivity contribution in [2.45, 2.75) is 20.0 Å². The van der Waals surface area contributed by atoms with Gasteiger partial charge in [-0.15, -0.1) is 0 Å². The monoisotopic (exact) mass is 236 g/mol. The van der Waals surface area contributed by atoms with Crippen molar-refractivity contribution < 1.29 is 4.65 Å². The van der Waals surface area contributed by atoms with Gasteiger partial charge in [0, 0.05) is 15.7 Å². The first-order valence-electron chi connectivity index (χ1n) is 4.99. The van der Waals surface area contributed by atoms with E-state index in [1.807, 2.05) is 0 Å². The molecule has 15 heavy (non-hydrogen) atoms. The third kappa shape index (κ3) is 2.71. The molecule has 0 amide bonds. The Bertz CT molecular complexity index is 346. The van der Waals surface area contributed by atoms with Gasteiger partial charge in [-0.05, 0) is 24.6 Å². The molecule has 0 N–H and O–H groups in total. The van der Waals surface area contributed by atoms with E-state index in [4.69, 9.17) is 4.65 Å². The summed E-state index contributed by atoms with van der Waals surface area (Å²) in [5, 5.41) is 4.19. The summed E-state index contributed by atoms with van der Waals surface area (Å²) in [6, 6.07) is 8.42. The molecule has 0 spiro atoms. The fourth-order valence-corrected chi connectivity index (χ4v) is 3.06. The summed E-state index contributed by atoms with van der Waals surface area (Å²) >= 11 is 3.51. The first-order valence-corrected chi connectivity index (χ1v) is 6.75. The van der Waals surface area contributed by atoms with Crippen molar-refractivity contribution in [1.82, 2.24) is 0 Å². The van der Waals surface area contributed by atoms with Gasteiger partial charge in [-0.25, -0.2) is 0 Å². The molecule has 2 aromatic heterocycles. The fraction of sp³-hybridized carbons (Fsp3) is 0.273. The van der Waals surface area contributed by atoms with Gasteiger partial charge in [-0.2, -0.15) is 22.7 Å². The van der Waals surface area contributed by atoms with Crippen LogP contribution in [0.3, 0.4) is 0 Å². The Hall–Kier alpha value is -0.575. The lowest BCUT2D eigenvalue weighted by molar-refractivity contribution is 0.254. The molecule has 0 bridgehead atoms. The largest absolute Gasteiger partial charge is 0.424 e. The van der Waals surface area contributed by atoms with Gasteiger partial charge >= 0.3 is 6.92 Å². The van der Waals surface area contributed by atoms with Crippen LogP contribution in [0.2, 0.25) is 0 Å². The highest BCUT2D eigenvalue weighted by Crippen LogP contribution is 2.05. The maximum Gasteiger partial charge on any atom is 0.382 e. The molecular formula is C11H13BOS2. The molecule has 0 aliphatic carbocycles. The lowest BCUT2D eigenvalue weighted by Gasteiger charge is -2.14. The van der Waals surface area contributed by atoms with Gasteiger partial charge in [0.2, 0.25) is 0 Å². The SMILES string of the molecule is CC(C)OB(c1cccs1)c1cccs1. The molecule has 0 atom stereocenters. The van der Waals surface area contributed by atoms with Crippen LogP contribution in [0.1, 0.15) is 13.8 Å². The minimum Gasteiger partial charge on any atom is -0.424 e. The van der Waals surface area contributed by atoms with E-state index in [-0.39, 0.29) is 13.0 Å². The van der Waals surface area contributed by atoms with Crippen molar-refractivity contribution in [3.8, 4) is 0 Å². The van der Waals surface area contributed by atoms with Crippen LogP contribution < -0.4 is 9.55 Å².